The molecule has 3 heterocycles. The zero-order valence-electron chi connectivity index (χ0n) is 21.2. The summed E-state index contributed by atoms with van der Waals surface area (Å²) in [7, 11) is 1.55. The van der Waals surface area contributed by atoms with Gasteiger partial charge in [0.1, 0.15) is 16.7 Å². The monoisotopic (exact) mass is 573 g/mol. The van der Waals surface area contributed by atoms with E-state index in [1.165, 1.54) is 16.7 Å². The molecule has 2 aliphatic heterocycles. The lowest BCUT2D eigenvalue weighted by Crippen LogP contribution is -2.32. The van der Waals surface area contributed by atoms with Crippen LogP contribution in [0, 0.1) is 5.92 Å². The van der Waals surface area contributed by atoms with E-state index in [1.807, 2.05) is 30.3 Å². The minimum atomic E-state index is -0.693. The first-order chi connectivity index (χ1) is 19.4. The van der Waals surface area contributed by atoms with Crippen molar-refractivity contribution in [2.24, 2.45) is 5.92 Å². The van der Waals surface area contributed by atoms with Gasteiger partial charge in [-0.25, -0.2) is 4.90 Å². The van der Waals surface area contributed by atoms with Gasteiger partial charge in [-0.05, 0) is 54.1 Å². The minimum absolute atomic E-state index is 0.174. The predicted octanol–water partition coefficient (Wildman–Crippen LogP) is 4.26. The summed E-state index contributed by atoms with van der Waals surface area (Å²) in [6.07, 6.45) is 0. The number of H-pyrrole nitrogens is 1. The number of aromatic amines is 1. The number of hydrogen-bond acceptors (Lipinski definition) is 8. The number of aromatic nitrogens is 1. The molecule has 11 heteroatoms. The fourth-order valence-corrected chi connectivity index (χ4v) is 7.52. The zero-order valence-corrected chi connectivity index (χ0v) is 22.8. The highest BCUT2D eigenvalue weighted by Gasteiger charge is 2.56. The van der Waals surface area contributed by atoms with E-state index in [0.717, 1.165) is 21.8 Å². The van der Waals surface area contributed by atoms with Crippen molar-refractivity contribution in [3.8, 4) is 11.5 Å². The van der Waals surface area contributed by atoms with E-state index in [1.54, 1.807) is 55.6 Å². The Morgan fingerprint density at radius 1 is 0.925 bits per heavy atom. The first-order valence-electron chi connectivity index (χ1n) is 12.4. The lowest BCUT2D eigenvalue weighted by atomic mass is 9.83. The fraction of sp³-hybridized carbons (Fsp3) is 0.172. The number of methoxy groups -OCH3 is 1. The molecule has 2 N–H and O–H groups in total. The SMILES string of the molecule is COc1ccc(N2C(=O)[C@H]3[C@H](c4ccc(OCC(=O)Nc5ccccc5)cc4)c4sc(=O)[nH]c4S[C@H]3C2=O)cc1. The van der Waals surface area contributed by atoms with Crippen LogP contribution in [-0.4, -0.2) is 41.7 Å². The number of thioether (sulfide) groups is 1. The van der Waals surface area contributed by atoms with Crippen molar-refractivity contribution in [1.82, 2.24) is 4.98 Å². The second kappa shape index (κ2) is 10.7. The van der Waals surface area contributed by atoms with Crippen LogP contribution in [-0.2, 0) is 14.4 Å². The van der Waals surface area contributed by atoms with E-state index < -0.39 is 17.1 Å². The van der Waals surface area contributed by atoms with Crippen molar-refractivity contribution in [1.29, 1.82) is 0 Å². The van der Waals surface area contributed by atoms with Gasteiger partial charge < -0.3 is 19.8 Å². The maximum atomic E-state index is 13.8. The molecule has 202 valence electrons. The Hall–Kier alpha value is -4.35. The van der Waals surface area contributed by atoms with Crippen LogP contribution < -0.4 is 24.6 Å². The molecule has 4 aromatic rings. The third-order valence-electron chi connectivity index (χ3n) is 6.82. The van der Waals surface area contributed by atoms with Crippen LogP contribution in [0.3, 0.4) is 0 Å². The summed E-state index contributed by atoms with van der Waals surface area (Å²) in [5.41, 5.74) is 1.92. The lowest BCUT2D eigenvalue weighted by molar-refractivity contribution is -0.122. The summed E-state index contributed by atoms with van der Waals surface area (Å²) in [5.74, 6) is -1.03. The van der Waals surface area contributed by atoms with Gasteiger partial charge in [0.05, 0.1) is 23.7 Å². The third-order valence-corrected chi connectivity index (χ3v) is 9.22. The topological polar surface area (TPSA) is 118 Å². The maximum absolute atomic E-state index is 13.8. The number of para-hydroxylation sites is 1. The van der Waals surface area contributed by atoms with Gasteiger partial charge in [0, 0.05) is 16.5 Å². The molecule has 1 aromatic heterocycles. The van der Waals surface area contributed by atoms with Crippen LogP contribution in [0.15, 0.2) is 88.7 Å². The number of carbonyl (C=O) groups excluding carboxylic acids is 3. The van der Waals surface area contributed by atoms with Gasteiger partial charge in [0.2, 0.25) is 11.8 Å². The Bertz CT molecular complexity index is 1630. The van der Waals surface area contributed by atoms with Gasteiger partial charge in [-0.15, -0.1) is 0 Å². The molecule has 9 nitrogen and oxygen atoms in total. The molecule has 3 aromatic carbocycles. The van der Waals surface area contributed by atoms with E-state index >= 15 is 0 Å². The van der Waals surface area contributed by atoms with Crippen LogP contribution in [0.2, 0.25) is 0 Å². The summed E-state index contributed by atoms with van der Waals surface area (Å²) in [6, 6.07) is 22.9. The molecule has 0 saturated carbocycles. The Labute approximate surface area is 237 Å². The fourth-order valence-electron chi connectivity index (χ4n) is 5.00. The molecule has 0 unspecified atom stereocenters. The van der Waals surface area contributed by atoms with E-state index in [4.69, 9.17) is 9.47 Å². The second-order valence-corrected chi connectivity index (χ2v) is 11.4. The average molecular weight is 574 g/mol. The van der Waals surface area contributed by atoms with E-state index in [0.29, 0.717) is 27.9 Å². The summed E-state index contributed by atoms with van der Waals surface area (Å²) in [6.45, 7) is -0.174. The molecule has 2 aliphatic rings. The largest absolute Gasteiger partial charge is 0.497 e. The number of rotatable bonds is 7. The molecule has 1 fully saturated rings. The van der Waals surface area contributed by atoms with Crippen LogP contribution in [0.25, 0.3) is 0 Å². The van der Waals surface area contributed by atoms with Gasteiger partial charge in [-0.1, -0.05) is 53.4 Å². The van der Waals surface area contributed by atoms with E-state index in [9.17, 15) is 19.2 Å². The van der Waals surface area contributed by atoms with Crippen LogP contribution in [0.5, 0.6) is 11.5 Å². The second-order valence-electron chi connectivity index (χ2n) is 9.23. The van der Waals surface area contributed by atoms with Crippen molar-refractivity contribution < 1.29 is 23.9 Å². The highest BCUT2D eigenvalue weighted by molar-refractivity contribution is 8.00. The highest BCUT2D eigenvalue weighted by Crippen LogP contribution is 2.53. The van der Waals surface area contributed by atoms with Crippen molar-refractivity contribution in [2.45, 2.75) is 16.2 Å². The number of ether oxygens (including phenoxy) is 2. The summed E-state index contributed by atoms with van der Waals surface area (Å²) in [5, 5.41) is 2.69. The first-order valence-corrected chi connectivity index (χ1v) is 14.1. The number of anilines is 2. The highest BCUT2D eigenvalue weighted by atomic mass is 32.2. The number of fused-ring (bicyclic) bond motifs is 2. The van der Waals surface area contributed by atoms with E-state index in [-0.39, 0.29) is 29.2 Å². The van der Waals surface area contributed by atoms with Crippen molar-refractivity contribution in [3.05, 3.63) is 99.0 Å². The number of imide groups is 1. The number of amides is 3. The van der Waals surface area contributed by atoms with Gasteiger partial charge in [-0.2, -0.15) is 0 Å². The molecule has 1 saturated heterocycles. The van der Waals surface area contributed by atoms with E-state index in [2.05, 4.69) is 10.3 Å². The van der Waals surface area contributed by atoms with Crippen molar-refractivity contribution in [2.75, 3.05) is 23.9 Å². The summed E-state index contributed by atoms with van der Waals surface area (Å²) in [4.78, 5) is 56.5. The molecular formula is C29H23N3O6S2. The Morgan fingerprint density at radius 2 is 1.62 bits per heavy atom. The number of nitrogens with one attached hydrogen (secondary N) is 2. The van der Waals surface area contributed by atoms with Crippen LogP contribution >= 0.6 is 23.1 Å². The maximum Gasteiger partial charge on any atom is 0.305 e. The van der Waals surface area contributed by atoms with Gasteiger partial charge in [-0.3, -0.25) is 19.2 Å². The summed E-state index contributed by atoms with van der Waals surface area (Å²) < 4.78 is 10.9. The van der Waals surface area contributed by atoms with Gasteiger partial charge in [0.25, 0.3) is 5.91 Å². The predicted molar refractivity (Wildman–Crippen MR) is 152 cm³/mol. The molecule has 0 radical (unpaired) electrons. The normalized spacial score (nSPS) is 19.6. The van der Waals surface area contributed by atoms with Gasteiger partial charge in [0.15, 0.2) is 6.61 Å². The third kappa shape index (κ3) is 4.78. The molecular weight excluding hydrogens is 550 g/mol. The standard InChI is InChI=1S/C29H23N3O6S2/c1-37-19-13-9-18(10-14-19)32-27(34)23-22(24-26(31-29(36)40-24)39-25(23)28(32)35)16-7-11-20(12-8-16)38-15-21(33)30-17-5-3-2-4-6-17/h2-14,22-23,25H,15H2,1H3,(H,30,33)(H,31,36)/t22-,23-,25+/m0/s1. The molecule has 0 bridgehead atoms. The molecule has 0 spiro atoms. The van der Waals surface area contributed by atoms with Crippen molar-refractivity contribution >= 4 is 52.2 Å². The average Bonchev–Trinajstić information content (AvgIpc) is 3.47. The van der Waals surface area contributed by atoms with Gasteiger partial charge >= 0.3 is 4.87 Å². The Morgan fingerprint density at radius 3 is 2.33 bits per heavy atom. The van der Waals surface area contributed by atoms with Crippen LogP contribution in [0.4, 0.5) is 11.4 Å². The Kier molecular flexibility index (Phi) is 6.91. The first kappa shape index (κ1) is 25.9. The molecule has 3 atom stereocenters. The number of hydrogen-bond donors (Lipinski definition) is 2. The molecule has 6 rings (SSSR count). The Balaban J connectivity index is 1.25. The molecule has 3 amide bonds. The number of carbonyl (C=O) groups is 3. The number of benzene rings is 3. The quantitative estimate of drug-likeness (QED) is 0.317. The smallest absolute Gasteiger partial charge is 0.305 e. The number of thiazole rings is 1. The molecule has 0 aliphatic carbocycles. The number of nitrogens with zero attached hydrogens (tertiary/aromatic N) is 1. The summed E-state index contributed by atoms with van der Waals surface area (Å²) >= 11 is 2.28. The zero-order chi connectivity index (χ0) is 27.8. The lowest BCUT2D eigenvalue weighted by Gasteiger charge is -2.29. The van der Waals surface area contributed by atoms with Crippen molar-refractivity contribution in [3.63, 3.8) is 0 Å². The molecule has 40 heavy (non-hydrogen) atoms. The minimum Gasteiger partial charge on any atom is -0.497 e. The van der Waals surface area contributed by atoms with Crippen LogP contribution in [0.1, 0.15) is 16.4 Å².